The fourth-order valence-electron chi connectivity index (χ4n) is 3.92. The summed E-state index contributed by atoms with van der Waals surface area (Å²) in [6.07, 6.45) is 1.06. The van der Waals surface area contributed by atoms with E-state index in [-0.39, 0.29) is 0 Å². The summed E-state index contributed by atoms with van der Waals surface area (Å²) in [7, 11) is 1.74. The highest BCUT2D eigenvalue weighted by Gasteiger charge is 2.23. The number of methoxy groups -OCH3 is 1. The number of piperazine rings is 1. The van der Waals surface area contributed by atoms with Gasteiger partial charge in [-0.15, -0.1) is 0 Å². The second kappa shape index (κ2) is 8.23. The molecular formula is C21H28N4O2. The van der Waals surface area contributed by atoms with Crippen LogP contribution in [0.1, 0.15) is 29.4 Å². The molecule has 0 unspecified atom stereocenters. The molecule has 2 aliphatic rings. The van der Waals surface area contributed by atoms with Crippen LogP contribution in [0.3, 0.4) is 0 Å². The summed E-state index contributed by atoms with van der Waals surface area (Å²) >= 11 is 0. The summed E-state index contributed by atoms with van der Waals surface area (Å²) in [4.78, 5) is 14.2. The van der Waals surface area contributed by atoms with Gasteiger partial charge in [0.1, 0.15) is 17.4 Å². The number of benzene rings is 1. The number of nitrogens with zero attached hydrogens (tertiary/aromatic N) is 4. The molecule has 2 saturated heterocycles. The molecule has 1 aromatic heterocycles. The average Bonchev–Trinajstić information content (AvgIpc) is 3.23. The van der Waals surface area contributed by atoms with E-state index in [1.165, 1.54) is 5.56 Å². The fraction of sp³-hybridized carbons (Fsp3) is 0.524. The molecule has 27 heavy (non-hydrogen) atoms. The van der Waals surface area contributed by atoms with Crippen molar-refractivity contribution in [1.29, 1.82) is 0 Å². The molecule has 0 aliphatic carbocycles. The van der Waals surface area contributed by atoms with Gasteiger partial charge in [-0.05, 0) is 19.4 Å². The lowest BCUT2D eigenvalue weighted by atomic mass is 10.0. The van der Waals surface area contributed by atoms with Crippen molar-refractivity contribution >= 4 is 5.82 Å². The topological polar surface area (TPSA) is 50.7 Å². The number of ether oxygens (including phenoxy) is 2. The average molecular weight is 368 g/mol. The van der Waals surface area contributed by atoms with Gasteiger partial charge in [0.15, 0.2) is 0 Å². The quantitative estimate of drug-likeness (QED) is 0.809. The van der Waals surface area contributed by atoms with Gasteiger partial charge in [0.2, 0.25) is 0 Å². The predicted molar refractivity (Wildman–Crippen MR) is 105 cm³/mol. The second-order valence-corrected chi connectivity index (χ2v) is 7.33. The van der Waals surface area contributed by atoms with E-state index in [4.69, 9.17) is 14.5 Å². The van der Waals surface area contributed by atoms with Crippen molar-refractivity contribution in [2.45, 2.75) is 25.8 Å². The first-order chi connectivity index (χ1) is 13.2. The Morgan fingerprint density at radius 3 is 2.70 bits per heavy atom. The van der Waals surface area contributed by atoms with Crippen LogP contribution < -0.4 is 9.64 Å². The van der Waals surface area contributed by atoms with Gasteiger partial charge >= 0.3 is 0 Å². The minimum Gasteiger partial charge on any atom is -0.496 e. The third-order valence-electron chi connectivity index (χ3n) is 5.47. The van der Waals surface area contributed by atoms with Crippen molar-refractivity contribution in [2.24, 2.45) is 0 Å². The molecule has 0 saturated carbocycles. The van der Waals surface area contributed by atoms with Crippen LogP contribution in [0.5, 0.6) is 5.75 Å². The lowest BCUT2D eigenvalue weighted by Gasteiger charge is -2.35. The molecule has 1 aromatic carbocycles. The highest BCUT2D eigenvalue weighted by molar-refractivity contribution is 5.41. The van der Waals surface area contributed by atoms with Crippen molar-refractivity contribution in [2.75, 3.05) is 51.4 Å². The largest absolute Gasteiger partial charge is 0.496 e. The molecule has 0 bridgehead atoms. The van der Waals surface area contributed by atoms with E-state index in [1.54, 1.807) is 7.11 Å². The molecule has 6 nitrogen and oxygen atoms in total. The van der Waals surface area contributed by atoms with Crippen LogP contribution in [0.4, 0.5) is 5.82 Å². The van der Waals surface area contributed by atoms with Crippen molar-refractivity contribution in [3.8, 4) is 5.75 Å². The normalized spacial score (nSPS) is 20.8. The van der Waals surface area contributed by atoms with Crippen molar-refractivity contribution in [3.63, 3.8) is 0 Å². The molecule has 0 radical (unpaired) electrons. The number of para-hydroxylation sites is 1. The second-order valence-electron chi connectivity index (χ2n) is 7.33. The zero-order chi connectivity index (χ0) is 18.6. The van der Waals surface area contributed by atoms with Crippen LogP contribution in [-0.4, -0.2) is 61.4 Å². The minimum atomic E-state index is 0.414. The zero-order valence-corrected chi connectivity index (χ0v) is 16.2. The van der Waals surface area contributed by atoms with Gasteiger partial charge in [-0.2, -0.15) is 0 Å². The molecule has 2 aliphatic heterocycles. The molecule has 144 valence electrons. The fourth-order valence-corrected chi connectivity index (χ4v) is 3.92. The Labute approximate surface area is 161 Å². The zero-order valence-electron chi connectivity index (χ0n) is 16.2. The van der Waals surface area contributed by atoms with Crippen LogP contribution in [0.25, 0.3) is 0 Å². The summed E-state index contributed by atoms with van der Waals surface area (Å²) < 4.78 is 11.0. The van der Waals surface area contributed by atoms with E-state index in [1.807, 2.05) is 19.1 Å². The lowest BCUT2D eigenvalue weighted by molar-refractivity contribution is 0.193. The maximum Gasteiger partial charge on any atom is 0.132 e. The predicted octanol–water partition coefficient (Wildman–Crippen LogP) is 2.62. The number of aromatic nitrogens is 2. The summed E-state index contributed by atoms with van der Waals surface area (Å²) in [5.74, 6) is 3.29. The van der Waals surface area contributed by atoms with Crippen LogP contribution in [-0.2, 0) is 11.3 Å². The first-order valence-electron chi connectivity index (χ1n) is 9.75. The number of aryl methyl sites for hydroxylation is 1. The third-order valence-corrected chi connectivity index (χ3v) is 5.47. The van der Waals surface area contributed by atoms with Gasteiger partial charge in [0, 0.05) is 56.9 Å². The van der Waals surface area contributed by atoms with E-state index >= 15 is 0 Å². The number of hydrogen-bond donors (Lipinski definition) is 0. The van der Waals surface area contributed by atoms with Crippen molar-refractivity contribution in [3.05, 3.63) is 47.4 Å². The number of anilines is 1. The molecule has 0 amide bonds. The smallest absolute Gasteiger partial charge is 0.132 e. The van der Waals surface area contributed by atoms with E-state index < -0.39 is 0 Å². The molecule has 2 aromatic rings. The highest BCUT2D eigenvalue weighted by atomic mass is 16.5. The summed E-state index contributed by atoms with van der Waals surface area (Å²) in [6, 6.07) is 10.4. The van der Waals surface area contributed by atoms with Crippen LogP contribution in [0, 0.1) is 6.92 Å². The van der Waals surface area contributed by atoms with Gasteiger partial charge in [0.25, 0.3) is 0 Å². The van der Waals surface area contributed by atoms with Crippen molar-refractivity contribution < 1.29 is 9.47 Å². The van der Waals surface area contributed by atoms with E-state index in [0.29, 0.717) is 5.92 Å². The maximum atomic E-state index is 5.54. The molecule has 6 heteroatoms. The van der Waals surface area contributed by atoms with E-state index in [0.717, 1.165) is 75.4 Å². The monoisotopic (exact) mass is 368 g/mol. The molecule has 1 atom stereocenters. The SMILES string of the molecule is COc1ccccc1CN1CCN(c2cc([C@@H]3CCOC3)nc(C)n2)CC1. The van der Waals surface area contributed by atoms with E-state index in [9.17, 15) is 0 Å². The lowest BCUT2D eigenvalue weighted by Crippen LogP contribution is -2.46. The number of rotatable bonds is 5. The molecule has 4 rings (SSSR count). The third kappa shape index (κ3) is 4.22. The Balaban J connectivity index is 1.40. The first-order valence-corrected chi connectivity index (χ1v) is 9.75. The maximum absolute atomic E-state index is 5.54. The first kappa shape index (κ1) is 18.2. The molecular weight excluding hydrogens is 340 g/mol. The molecule has 0 spiro atoms. The minimum absolute atomic E-state index is 0.414. The Kier molecular flexibility index (Phi) is 5.55. The summed E-state index contributed by atoms with van der Waals surface area (Å²) in [5.41, 5.74) is 2.38. The standard InChI is InChI=1S/C21H28N4O2/c1-16-22-19(18-7-12-27-15-18)13-21(23-16)25-10-8-24(9-11-25)14-17-5-3-4-6-20(17)26-2/h3-6,13,18H,7-12,14-15H2,1-2H3/t18-/m1/s1. The van der Waals surface area contributed by atoms with Gasteiger partial charge in [-0.25, -0.2) is 9.97 Å². The van der Waals surface area contributed by atoms with Crippen molar-refractivity contribution in [1.82, 2.24) is 14.9 Å². The Hall–Kier alpha value is -2.18. The molecule has 2 fully saturated rings. The van der Waals surface area contributed by atoms with E-state index in [2.05, 4.69) is 33.0 Å². The Morgan fingerprint density at radius 1 is 1.15 bits per heavy atom. The van der Waals surface area contributed by atoms with Gasteiger partial charge in [-0.3, -0.25) is 4.90 Å². The highest BCUT2D eigenvalue weighted by Crippen LogP contribution is 2.27. The van der Waals surface area contributed by atoms with Gasteiger partial charge < -0.3 is 14.4 Å². The molecule has 0 N–H and O–H groups in total. The number of hydrogen-bond acceptors (Lipinski definition) is 6. The summed E-state index contributed by atoms with van der Waals surface area (Å²) in [5, 5.41) is 0. The molecule has 3 heterocycles. The van der Waals surface area contributed by atoms with Crippen LogP contribution in [0.15, 0.2) is 30.3 Å². The van der Waals surface area contributed by atoms with Crippen LogP contribution >= 0.6 is 0 Å². The summed E-state index contributed by atoms with van der Waals surface area (Å²) in [6.45, 7) is 8.52. The van der Waals surface area contributed by atoms with Gasteiger partial charge in [0.05, 0.1) is 19.4 Å². The van der Waals surface area contributed by atoms with Gasteiger partial charge in [-0.1, -0.05) is 18.2 Å². The Bertz CT molecular complexity index is 769. The Morgan fingerprint density at radius 2 is 1.96 bits per heavy atom. The van der Waals surface area contributed by atoms with Crippen LogP contribution in [0.2, 0.25) is 0 Å².